The molecular weight excluding hydrogens is 286 g/mol. The third-order valence-corrected chi connectivity index (χ3v) is 3.93. The molecule has 2 aromatic heterocycles. The van der Waals surface area contributed by atoms with Gasteiger partial charge < -0.3 is 14.8 Å². The Kier molecular flexibility index (Phi) is 3.70. The van der Waals surface area contributed by atoms with Crippen molar-refractivity contribution in [3.63, 3.8) is 0 Å². The standard InChI is InChI=1S/C15H17N3O4/c1-8-2-5-13(22-8)11-7-12(18-17-11)14(19)16-10-4-3-9(6-10)15(20)21/h2,5,7,9-10H,3-4,6H2,1H3,(H,16,19)(H,17,18)(H,20,21)/t9-,10+/m1/s1. The Labute approximate surface area is 126 Å². The van der Waals surface area contributed by atoms with Gasteiger partial charge in [0.05, 0.1) is 5.92 Å². The highest BCUT2D eigenvalue weighted by Crippen LogP contribution is 2.26. The van der Waals surface area contributed by atoms with Crippen LogP contribution in [0.1, 0.15) is 35.5 Å². The van der Waals surface area contributed by atoms with E-state index >= 15 is 0 Å². The molecule has 1 saturated carbocycles. The number of carbonyl (C=O) groups excluding carboxylic acids is 1. The number of H-pyrrole nitrogens is 1. The first-order valence-electron chi connectivity index (χ1n) is 7.19. The molecule has 2 atom stereocenters. The molecule has 0 aromatic carbocycles. The van der Waals surface area contributed by atoms with Crippen LogP contribution < -0.4 is 5.32 Å². The van der Waals surface area contributed by atoms with Gasteiger partial charge in [-0.2, -0.15) is 5.10 Å². The number of aromatic amines is 1. The molecule has 1 amide bonds. The lowest BCUT2D eigenvalue weighted by Gasteiger charge is -2.10. The molecule has 2 heterocycles. The highest BCUT2D eigenvalue weighted by atomic mass is 16.4. The third-order valence-electron chi connectivity index (χ3n) is 3.93. The average molecular weight is 303 g/mol. The molecule has 3 N–H and O–H groups in total. The molecule has 1 fully saturated rings. The minimum Gasteiger partial charge on any atom is -0.481 e. The Morgan fingerprint density at radius 1 is 1.41 bits per heavy atom. The van der Waals surface area contributed by atoms with Gasteiger partial charge in [-0.1, -0.05) is 0 Å². The average Bonchev–Trinajstić information content (AvgIpc) is 3.16. The molecule has 0 radical (unpaired) electrons. The first kappa shape index (κ1) is 14.4. The topological polar surface area (TPSA) is 108 Å². The van der Waals surface area contributed by atoms with Crippen LogP contribution in [0.5, 0.6) is 0 Å². The number of carbonyl (C=O) groups is 2. The summed E-state index contributed by atoms with van der Waals surface area (Å²) in [4.78, 5) is 23.1. The van der Waals surface area contributed by atoms with E-state index in [4.69, 9.17) is 9.52 Å². The van der Waals surface area contributed by atoms with Crippen LogP contribution in [0.3, 0.4) is 0 Å². The van der Waals surface area contributed by atoms with Crippen molar-refractivity contribution >= 4 is 11.9 Å². The second-order valence-electron chi connectivity index (χ2n) is 5.60. The summed E-state index contributed by atoms with van der Waals surface area (Å²) < 4.78 is 5.47. The van der Waals surface area contributed by atoms with Crippen LogP contribution in [0.2, 0.25) is 0 Å². The van der Waals surface area contributed by atoms with Gasteiger partial charge >= 0.3 is 5.97 Å². The fourth-order valence-electron chi connectivity index (χ4n) is 2.74. The molecule has 0 unspecified atom stereocenters. The normalized spacial score (nSPS) is 21.0. The maximum Gasteiger partial charge on any atom is 0.306 e. The number of nitrogens with zero attached hydrogens (tertiary/aromatic N) is 1. The van der Waals surface area contributed by atoms with E-state index in [2.05, 4.69) is 15.5 Å². The lowest BCUT2D eigenvalue weighted by atomic mass is 10.1. The van der Waals surface area contributed by atoms with Crippen LogP contribution in [-0.2, 0) is 4.79 Å². The summed E-state index contributed by atoms with van der Waals surface area (Å²) >= 11 is 0. The molecule has 1 aliphatic rings. The Bertz CT molecular complexity index is 703. The van der Waals surface area contributed by atoms with E-state index in [1.165, 1.54) is 0 Å². The van der Waals surface area contributed by atoms with Gasteiger partial charge in [-0.15, -0.1) is 0 Å². The molecule has 1 aliphatic carbocycles. The molecule has 22 heavy (non-hydrogen) atoms. The molecule has 0 spiro atoms. The number of hydrogen-bond donors (Lipinski definition) is 3. The molecule has 0 bridgehead atoms. The predicted octanol–water partition coefficient (Wildman–Crippen LogP) is 1.96. The van der Waals surface area contributed by atoms with E-state index in [-0.39, 0.29) is 23.6 Å². The zero-order valence-electron chi connectivity index (χ0n) is 12.1. The van der Waals surface area contributed by atoms with Gasteiger partial charge in [0.2, 0.25) is 0 Å². The van der Waals surface area contributed by atoms with Gasteiger partial charge in [0.1, 0.15) is 11.5 Å². The summed E-state index contributed by atoms with van der Waals surface area (Å²) in [5.74, 6) is -0.0722. The molecular formula is C15H17N3O4. The third kappa shape index (κ3) is 2.88. The van der Waals surface area contributed by atoms with Crippen LogP contribution in [0.4, 0.5) is 0 Å². The lowest BCUT2D eigenvalue weighted by molar-refractivity contribution is -0.141. The van der Waals surface area contributed by atoms with Crippen LogP contribution in [0.25, 0.3) is 11.5 Å². The second-order valence-corrected chi connectivity index (χ2v) is 5.60. The smallest absolute Gasteiger partial charge is 0.306 e. The van der Waals surface area contributed by atoms with Crippen molar-refractivity contribution in [3.8, 4) is 11.5 Å². The highest BCUT2D eigenvalue weighted by molar-refractivity contribution is 5.93. The van der Waals surface area contributed by atoms with Gasteiger partial charge in [0, 0.05) is 12.1 Å². The quantitative estimate of drug-likeness (QED) is 0.800. The van der Waals surface area contributed by atoms with Crippen molar-refractivity contribution in [2.45, 2.75) is 32.2 Å². The molecule has 0 aliphatic heterocycles. The fraction of sp³-hybridized carbons (Fsp3) is 0.400. The molecule has 0 saturated heterocycles. The van der Waals surface area contributed by atoms with Gasteiger partial charge in [0.15, 0.2) is 11.5 Å². The lowest BCUT2D eigenvalue weighted by Crippen LogP contribution is -2.33. The summed E-state index contributed by atoms with van der Waals surface area (Å²) in [6.45, 7) is 1.84. The van der Waals surface area contributed by atoms with Gasteiger partial charge in [-0.05, 0) is 38.3 Å². The van der Waals surface area contributed by atoms with Crippen molar-refractivity contribution in [1.82, 2.24) is 15.5 Å². The van der Waals surface area contributed by atoms with Crippen LogP contribution in [0, 0.1) is 12.8 Å². The number of carboxylic acids is 1. The van der Waals surface area contributed by atoms with Gasteiger partial charge in [0.25, 0.3) is 5.91 Å². The number of aryl methyl sites for hydroxylation is 1. The Balaban J connectivity index is 1.64. The number of furan rings is 1. The van der Waals surface area contributed by atoms with Crippen molar-refractivity contribution in [3.05, 3.63) is 29.7 Å². The zero-order valence-corrected chi connectivity index (χ0v) is 12.1. The minimum absolute atomic E-state index is 0.111. The minimum atomic E-state index is -0.799. The highest BCUT2D eigenvalue weighted by Gasteiger charge is 2.31. The number of hydrogen-bond acceptors (Lipinski definition) is 4. The fourth-order valence-corrected chi connectivity index (χ4v) is 2.74. The number of nitrogens with one attached hydrogen (secondary N) is 2. The van der Waals surface area contributed by atoms with E-state index < -0.39 is 5.97 Å². The number of rotatable bonds is 4. The number of amides is 1. The number of aliphatic carboxylic acids is 1. The molecule has 116 valence electrons. The summed E-state index contributed by atoms with van der Waals surface area (Å²) in [5, 5.41) is 18.6. The van der Waals surface area contributed by atoms with Crippen molar-refractivity contribution in [1.29, 1.82) is 0 Å². The zero-order chi connectivity index (χ0) is 15.7. The first-order chi connectivity index (χ1) is 10.5. The summed E-state index contributed by atoms with van der Waals surface area (Å²) in [7, 11) is 0. The molecule has 3 rings (SSSR count). The summed E-state index contributed by atoms with van der Waals surface area (Å²) in [6.07, 6.45) is 1.74. The summed E-state index contributed by atoms with van der Waals surface area (Å²) in [5.41, 5.74) is 0.899. The Hall–Kier alpha value is -2.57. The van der Waals surface area contributed by atoms with E-state index in [9.17, 15) is 9.59 Å². The molecule has 7 nitrogen and oxygen atoms in total. The predicted molar refractivity (Wildman–Crippen MR) is 77.3 cm³/mol. The van der Waals surface area contributed by atoms with E-state index in [1.54, 1.807) is 12.1 Å². The van der Waals surface area contributed by atoms with Crippen LogP contribution in [-0.4, -0.2) is 33.2 Å². The van der Waals surface area contributed by atoms with Crippen molar-refractivity contribution in [2.75, 3.05) is 0 Å². The maximum atomic E-state index is 12.2. The maximum absolute atomic E-state index is 12.2. The first-order valence-corrected chi connectivity index (χ1v) is 7.19. The largest absolute Gasteiger partial charge is 0.481 e. The van der Waals surface area contributed by atoms with Gasteiger partial charge in [-0.25, -0.2) is 0 Å². The number of carboxylic acid groups (broad SMARTS) is 1. The van der Waals surface area contributed by atoms with Gasteiger partial charge in [-0.3, -0.25) is 14.7 Å². The van der Waals surface area contributed by atoms with E-state index in [0.29, 0.717) is 30.7 Å². The Morgan fingerprint density at radius 2 is 2.23 bits per heavy atom. The summed E-state index contributed by atoms with van der Waals surface area (Å²) in [6, 6.07) is 5.15. The molecule has 7 heteroatoms. The van der Waals surface area contributed by atoms with Crippen molar-refractivity contribution in [2.24, 2.45) is 5.92 Å². The monoisotopic (exact) mass is 303 g/mol. The van der Waals surface area contributed by atoms with Crippen LogP contribution in [0.15, 0.2) is 22.6 Å². The van der Waals surface area contributed by atoms with E-state index in [0.717, 1.165) is 5.76 Å². The van der Waals surface area contributed by atoms with Crippen LogP contribution >= 0.6 is 0 Å². The molecule has 2 aromatic rings. The Morgan fingerprint density at radius 3 is 2.86 bits per heavy atom. The van der Waals surface area contributed by atoms with Crippen molar-refractivity contribution < 1.29 is 19.1 Å². The second kappa shape index (κ2) is 5.67. The van der Waals surface area contributed by atoms with E-state index in [1.807, 2.05) is 13.0 Å². The SMILES string of the molecule is Cc1ccc(-c2cc(C(=O)N[C@H]3CC[C@@H](C(=O)O)C3)n[nH]2)o1. The number of aromatic nitrogens is 2.